The van der Waals surface area contributed by atoms with Crippen molar-refractivity contribution in [2.75, 3.05) is 13.1 Å². The summed E-state index contributed by atoms with van der Waals surface area (Å²) in [4.78, 5) is 15.6. The van der Waals surface area contributed by atoms with Crippen molar-refractivity contribution in [2.45, 2.75) is 31.9 Å². The number of aliphatic hydroxyl groups is 1. The molecule has 14 heavy (non-hydrogen) atoms. The van der Waals surface area contributed by atoms with Crippen LogP contribution in [-0.4, -0.2) is 41.1 Å². The smallest absolute Gasteiger partial charge is 0.228 e. The highest BCUT2D eigenvalue weighted by Crippen LogP contribution is 2.20. The molecule has 0 aromatic rings. The second-order valence-electron chi connectivity index (χ2n) is 3.43. The number of aliphatic hydroxyl groups excluding tert-OH is 1. The molecular weight excluding hydrogens is 184 g/mol. The van der Waals surface area contributed by atoms with Crippen LogP contribution in [0.4, 0.5) is 0 Å². The highest BCUT2D eigenvalue weighted by atomic mass is 16.3. The summed E-state index contributed by atoms with van der Waals surface area (Å²) < 4.78 is 0. The maximum absolute atomic E-state index is 11.5. The summed E-state index contributed by atoms with van der Waals surface area (Å²) >= 11 is 0. The molecule has 0 spiro atoms. The van der Waals surface area contributed by atoms with Gasteiger partial charge in [0.2, 0.25) is 5.91 Å². The van der Waals surface area contributed by atoms with E-state index < -0.39 is 6.10 Å². The molecule has 6 nitrogen and oxygen atoms in total. The van der Waals surface area contributed by atoms with Crippen LogP contribution in [0.5, 0.6) is 0 Å². The lowest BCUT2D eigenvalue weighted by Gasteiger charge is -2.26. The quantitative estimate of drug-likeness (QED) is 0.410. The van der Waals surface area contributed by atoms with Crippen molar-refractivity contribution in [2.24, 2.45) is 5.11 Å². The number of hydrogen-bond donors (Lipinski definition) is 1. The van der Waals surface area contributed by atoms with Crippen molar-refractivity contribution in [3.63, 3.8) is 0 Å². The van der Waals surface area contributed by atoms with Crippen LogP contribution in [0.3, 0.4) is 0 Å². The van der Waals surface area contributed by atoms with Crippen LogP contribution < -0.4 is 0 Å². The fourth-order valence-electron chi connectivity index (χ4n) is 1.79. The molecule has 1 fully saturated rings. The molecule has 6 heteroatoms. The Kier molecular flexibility index (Phi) is 3.73. The lowest BCUT2D eigenvalue weighted by Crippen LogP contribution is -2.42. The number of amides is 1. The normalized spacial score (nSPS) is 23.0. The Labute approximate surface area is 82.1 Å². The number of azide groups is 1. The Balaban J connectivity index is 2.57. The van der Waals surface area contributed by atoms with E-state index in [0.29, 0.717) is 6.54 Å². The highest BCUT2D eigenvalue weighted by molar-refractivity contribution is 5.79. The zero-order valence-corrected chi connectivity index (χ0v) is 8.13. The van der Waals surface area contributed by atoms with Crippen molar-refractivity contribution < 1.29 is 9.90 Å². The summed E-state index contributed by atoms with van der Waals surface area (Å²) in [6.07, 6.45) is 1.20. The molecule has 0 bridgehead atoms. The summed E-state index contributed by atoms with van der Waals surface area (Å²) in [5, 5.41) is 12.6. The number of likely N-dealkylation sites (tertiary alicyclic amines) is 1. The van der Waals surface area contributed by atoms with E-state index in [1.54, 1.807) is 11.8 Å². The van der Waals surface area contributed by atoms with Crippen LogP contribution in [0.25, 0.3) is 10.4 Å². The highest BCUT2D eigenvalue weighted by Gasteiger charge is 2.31. The van der Waals surface area contributed by atoms with Crippen LogP contribution in [0.15, 0.2) is 5.11 Å². The summed E-state index contributed by atoms with van der Waals surface area (Å²) in [5.74, 6) is -0.203. The number of hydrogen-bond acceptors (Lipinski definition) is 3. The minimum absolute atomic E-state index is 0.114. The average Bonchev–Trinajstić information content (AvgIpc) is 2.62. The van der Waals surface area contributed by atoms with Gasteiger partial charge in [0.25, 0.3) is 0 Å². The summed E-state index contributed by atoms with van der Waals surface area (Å²) in [5.41, 5.74) is 8.07. The zero-order valence-electron chi connectivity index (χ0n) is 8.13. The van der Waals surface area contributed by atoms with Gasteiger partial charge in [-0.25, -0.2) is 0 Å². The number of carbonyl (C=O) groups excluding carboxylic acids is 1. The molecule has 0 unspecified atom stereocenters. The van der Waals surface area contributed by atoms with Gasteiger partial charge in [-0.1, -0.05) is 5.11 Å². The van der Waals surface area contributed by atoms with Gasteiger partial charge in [-0.2, -0.15) is 0 Å². The second kappa shape index (κ2) is 4.83. The lowest BCUT2D eigenvalue weighted by molar-refractivity contribution is -0.132. The molecule has 1 aliphatic rings. The molecule has 1 rings (SSSR count). The molecule has 0 aromatic heterocycles. The van der Waals surface area contributed by atoms with Gasteiger partial charge < -0.3 is 10.0 Å². The van der Waals surface area contributed by atoms with Gasteiger partial charge in [-0.15, -0.1) is 0 Å². The molecule has 0 aliphatic carbocycles. The second-order valence-corrected chi connectivity index (χ2v) is 3.43. The third-order valence-electron chi connectivity index (χ3n) is 2.45. The maximum atomic E-state index is 11.5. The van der Waals surface area contributed by atoms with Crippen molar-refractivity contribution >= 4 is 5.91 Å². The minimum atomic E-state index is -0.521. The minimum Gasteiger partial charge on any atom is -0.391 e. The van der Waals surface area contributed by atoms with Crippen LogP contribution in [0.1, 0.15) is 19.8 Å². The molecule has 2 atom stereocenters. The van der Waals surface area contributed by atoms with E-state index in [0.717, 1.165) is 12.8 Å². The van der Waals surface area contributed by atoms with Gasteiger partial charge in [0.1, 0.15) is 6.54 Å². The fraction of sp³-hybridized carbons (Fsp3) is 0.875. The summed E-state index contributed by atoms with van der Waals surface area (Å²) in [7, 11) is 0. The Morgan fingerprint density at radius 2 is 2.57 bits per heavy atom. The standard InChI is InChI=1S/C8H14N4O2/c1-6(13)7-3-2-4-12(7)8(14)5-10-11-9/h6-7,13H,2-5H2,1H3/t6-,7+/m1/s1. The maximum Gasteiger partial charge on any atom is 0.228 e. The van der Waals surface area contributed by atoms with E-state index in [-0.39, 0.29) is 18.5 Å². The zero-order chi connectivity index (χ0) is 10.6. The van der Waals surface area contributed by atoms with E-state index in [2.05, 4.69) is 10.0 Å². The summed E-state index contributed by atoms with van der Waals surface area (Å²) in [6, 6.07) is -0.114. The van der Waals surface area contributed by atoms with Gasteiger partial charge in [-0.3, -0.25) is 4.79 Å². The van der Waals surface area contributed by atoms with Crippen molar-refractivity contribution in [3.05, 3.63) is 10.4 Å². The molecule has 0 aromatic carbocycles. The molecule has 78 valence electrons. The molecule has 1 amide bonds. The molecule has 1 heterocycles. The van der Waals surface area contributed by atoms with Crippen LogP contribution in [0, 0.1) is 0 Å². The molecule has 1 N–H and O–H groups in total. The Morgan fingerprint density at radius 3 is 3.14 bits per heavy atom. The van der Waals surface area contributed by atoms with Gasteiger partial charge in [-0.05, 0) is 25.3 Å². The SMILES string of the molecule is C[C@@H](O)[C@@H]1CCCN1C(=O)CN=[N+]=[N-]. The third-order valence-corrected chi connectivity index (χ3v) is 2.45. The average molecular weight is 198 g/mol. The Hall–Kier alpha value is -1.26. The van der Waals surface area contributed by atoms with E-state index in [9.17, 15) is 9.90 Å². The first kappa shape index (κ1) is 10.8. The van der Waals surface area contributed by atoms with Crippen molar-refractivity contribution in [1.82, 2.24) is 4.90 Å². The van der Waals surface area contributed by atoms with E-state index >= 15 is 0 Å². The summed E-state index contributed by atoms with van der Waals surface area (Å²) in [6.45, 7) is 2.17. The van der Waals surface area contributed by atoms with Crippen LogP contribution in [0.2, 0.25) is 0 Å². The Morgan fingerprint density at radius 1 is 1.86 bits per heavy atom. The van der Waals surface area contributed by atoms with Crippen molar-refractivity contribution in [3.8, 4) is 0 Å². The van der Waals surface area contributed by atoms with Crippen LogP contribution in [-0.2, 0) is 4.79 Å². The topological polar surface area (TPSA) is 89.3 Å². The lowest BCUT2D eigenvalue weighted by atomic mass is 10.1. The number of nitrogens with zero attached hydrogens (tertiary/aromatic N) is 4. The molecule has 1 aliphatic heterocycles. The first-order valence-electron chi connectivity index (χ1n) is 4.65. The van der Waals surface area contributed by atoms with Crippen molar-refractivity contribution in [1.29, 1.82) is 0 Å². The van der Waals surface area contributed by atoms with Gasteiger partial charge in [0.05, 0.1) is 12.1 Å². The third kappa shape index (κ3) is 2.37. The van der Waals surface area contributed by atoms with E-state index in [1.807, 2.05) is 0 Å². The monoisotopic (exact) mass is 198 g/mol. The molecular formula is C8H14N4O2. The van der Waals surface area contributed by atoms with Crippen LogP contribution >= 0.6 is 0 Å². The molecule has 1 saturated heterocycles. The largest absolute Gasteiger partial charge is 0.391 e. The number of rotatable bonds is 3. The predicted molar refractivity (Wildman–Crippen MR) is 50.4 cm³/mol. The van der Waals surface area contributed by atoms with Gasteiger partial charge >= 0.3 is 0 Å². The van der Waals surface area contributed by atoms with E-state index in [1.165, 1.54) is 0 Å². The molecule has 0 saturated carbocycles. The molecule has 0 radical (unpaired) electrons. The first-order chi connectivity index (χ1) is 6.66. The first-order valence-corrected chi connectivity index (χ1v) is 4.65. The Bertz CT molecular complexity index is 260. The predicted octanol–water partition coefficient (Wildman–Crippen LogP) is 0.668. The van der Waals surface area contributed by atoms with Gasteiger partial charge in [0, 0.05) is 11.5 Å². The number of carbonyl (C=O) groups is 1. The fourth-order valence-corrected chi connectivity index (χ4v) is 1.79. The van der Waals surface area contributed by atoms with E-state index in [4.69, 9.17) is 5.53 Å². The van der Waals surface area contributed by atoms with Gasteiger partial charge in [0.15, 0.2) is 0 Å².